The van der Waals surface area contributed by atoms with E-state index in [-0.39, 0.29) is 6.10 Å². The molecule has 0 aliphatic heterocycles. The van der Waals surface area contributed by atoms with Gasteiger partial charge in [0.1, 0.15) is 23.3 Å². The van der Waals surface area contributed by atoms with E-state index >= 15 is 0 Å². The van der Waals surface area contributed by atoms with Crippen molar-refractivity contribution in [2.75, 3.05) is 5.32 Å². The normalized spacial score (nSPS) is 12.1. The summed E-state index contributed by atoms with van der Waals surface area (Å²) in [5.74, 6) is -3.28. The van der Waals surface area contributed by atoms with Gasteiger partial charge < -0.3 is 10.2 Å². The Morgan fingerprint density at radius 3 is 2.21 bits per heavy atom. The lowest BCUT2D eigenvalue weighted by atomic mass is 10.1. The highest BCUT2D eigenvalue weighted by Crippen LogP contribution is 2.20. The zero-order chi connectivity index (χ0) is 24.5. The van der Waals surface area contributed by atoms with Crippen molar-refractivity contribution in [1.82, 2.24) is 5.32 Å². The summed E-state index contributed by atoms with van der Waals surface area (Å²) in [6.45, 7) is 3.93. The van der Waals surface area contributed by atoms with Crippen molar-refractivity contribution < 1.29 is 23.2 Å². The first-order valence-corrected chi connectivity index (χ1v) is 10.8. The molecule has 0 aromatic heterocycles. The maximum atomic E-state index is 13.7. The molecule has 0 radical (unpaired) electrons. The van der Waals surface area contributed by atoms with Crippen LogP contribution in [0, 0.1) is 11.6 Å². The average Bonchev–Trinajstić information content (AvgIpc) is 2.82. The maximum absolute atomic E-state index is 13.7. The number of halogens is 2. The van der Waals surface area contributed by atoms with E-state index in [1.165, 1.54) is 0 Å². The highest BCUT2D eigenvalue weighted by Gasteiger charge is 2.19. The van der Waals surface area contributed by atoms with Crippen molar-refractivity contribution in [2.45, 2.75) is 32.8 Å². The molecule has 3 aromatic rings. The number of rotatable bonds is 8. The lowest BCUT2D eigenvalue weighted by Gasteiger charge is -2.13. The third-order valence-corrected chi connectivity index (χ3v) is 4.97. The first-order valence-electron chi connectivity index (χ1n) is 10.8. The van der Waals surface area contributed by atoms with Crippen molar-refractivity contribution in [1.29, 1.82) is 0 Å². The van der Waals surface area contributed by atoms with E-state index in [9.17, 15) is 18.4 Å². The summed E-state index contributed by atoms with van der Waals surface area (Å²) in [6, 6.07) is 18.6. The second kappa shape index (κ2) is 11.7. The highest BCUT2D eigenvalue weighted by atomic mass is 19.1. The quantitative estimate of drug-likeness (QED) is 0.307. The Hall–Kier alpha value is -4.07. The fourth-order valence-electron chi connectivity index (χ4n) is 3.19. The van der Waals surface area contributed by atoms with Gasteiger partial charge in [-0.25, -0.2) is 13.6 Å². The van der Waals surface area contributed by atoms with E-state index in [1.54, 1.807) is 24.3 Å². The summed E-state index contributed by atoms with van der Waals surface area (Å²) in [6.07, 6.45) is 1.37. The number of benzene rings is 3. The molecule has 0 saturated carbocycles. The fourth-order valence-corrected chi connectivity index (χ4v) is 3.19. The number of urea groups is 1. The van der Waals surface area contributed by atoms with Gasteiger partial charge in [-0.2, -0.15) is 0 Å². The Labute approximate surface area is 196 Å². The minimum absolute atomic E-state index is 0.343. The number of anilines is 1. The summed E-state index contributed by atoms with van der Waals surface area (Å²) < 4.78 is 27.4. The van der Waals surface area contributed by atoms with Crippen molar-refractivity contribution in [2.24, 2.45) is 5.16 Å². The van der Waals surface area contributed by atoms with Crippen molar-refractivity contribution >= 4 is 23.3 Å². The molecule has 3 amide bonds. The summed E-state index contributed by atoms with van der Waals surface area (Å²) in [5.41, 5.74) is 2.25. The van der Waals surface area contributed by atoms with Gasteiger partial charge in [0.2, 0.25) is 0 Å². The summed E-state index contributed by atoms with van der Waals surface area (Å²) in [5, 5.41) is 8.71. The molecule has 0 aliphatic rings. The molecule has 0 bridgehead atoms. The number of nitrogens with one attached hydrogen (secondary N) is 2. The molecule has 1 unspecified atom stereocenters. The van der Waals surface area contributed by atoms with Gasteiger partial charge in [-0.15, -0.1) is 0 Å². The molecular weight excluding hydrogens is 440 g/mol. The highest BCUT2D eigenvalue weighted by molar-refractivity contribution is 6.08. The van der Waals surface area contributed by atoms with Gasteiger partial charge in [-0.3, -0.25) is 10.1 Å². The molecule has 176 valence electrons. The zero-order valence-corrected chi connectivity index (χ0v) is 18.8. The minimum atomic E-state index is -1.18. The number of imide groups is 1. The predicted octanol–water partition coefficient (Wildman–Crippen LogP) is 6.21. The summed E-state index contributed by atoms with van der Waals surface area (Å²) in [7, 11) is 0. The topological polar surface area (TPSA) is 79.8 Å². The lowest BCUT2D eigenvalue weighted by molar-refractivity contribution is 0.0720. The van der Waals surface area contributed by atoms with Crippen LogP contribution >= 0.6 is 0 Å². The van der Waals surface area contributed by atoms with E-state index in [1.807, 2.05) is 42.6 Å². The van der Waals surface area contributed by atoms with Gasteiger partial charge in [-0.1, -0.05) is 67.0 Å². The smallest absolute Gasteiger partial charge is 0.326 e. The van der Waals surface area contributed by atoms with Crippen molar-refractivity contribution in [3.05, 3.63) is 101 Å². The molecule has 0 fully saturated rings. The number of hydrogen-bond donors (Lipinski definition) is 2. The van der Waals surface area contributed by atoms with Crippen LogP contribution in [0.3, 0.4) is 0 Å². The summed E-state index contributed by atoms with van der Waals surface area (Å²) in [4.78, 5) is 29.8. The number of carbonyl (C=O) groups excluding carboxylic acids is 2. The first kappa shape index (κ1) is 24.6. The van der Waals surface area contributed by atoms with Crippen LogP contribution in [0.1, 0.15) is 54.3 Å². The van der Waals surface area contributed by atoms with Gasteiger partial charge in [-0.05, 0) is 48.7 Å². The molecule has 6 nitrogen and oxygen atoms in total. The second-order valence-corrected chi connectivity index (χ2v) is 7.53. The number of amides is 3. The molecule has 3 aromatic carbocycles. The van der Waals surface area contributed by atoms with E-state index in [0.717, 1.165) is 47.9 Å². The van der Waals surface area contributed by atoms with Gasteiger partial charge in [0.05, 0.1) is 5.71 Å². The molecule has 34 heavy (non-hydrogen) atoms. The van der Waals surface area contributed by atoms with Crippen molar-refractivity contribution in [3.8, 4) is 0 Å². The lowest BCUT2D eigenvalue weighted by Crippen LogP contribution is -2.35. The van der Waals surface area contributed by atoms with Crippen LogP contribution in [-0.4, -0.2) is 17.6 Å². The number of nitrogens with zero attached hydrogens (tertiary/aromatic N) is 1. The van der Waals surface area contributed by atoms with Gasteiger partial charge >= 0.3 is 6.03 Å². The van der Waals surface area contributed by atoms with Crippen molar-refractivity contribution in [3.63, 3.8) is 0 Å². The van der Waals surface area contributed by atoms with Crippen LogP contribution in [-0.2, 0) is 4.84 Å². The molecule has 3 rings (SSSR count). The largest absolute Gasteiger partial charge is 0.388 e. The molecule has 8 heteroatoms. The van der Waals surface area contributed by atoms with E-state index in [2.05, 4.69) is 17.4 Å². The molecular formula is C26H25F2N3O3. The Balaban J connectivity index is 1.59. The van der Waals surface area contributed by atoms with Gasteiger partial charge in [0.25, 0.3) is 5.91 Å². The van der Waals surface area contributed by atoms with Crippen LogP contribution in [0.2, 0.25) is 0 Å². The SMILES string of the molecule is CCC/C(=N\OC(C)c1ccc(NC(=O)NC(=O)c2c(F)cccc2F)cc1)c1ccccc1. The fraction of sp³-hybridized carbons (Fsp3) is 0.192. The molecule has 1 atom stereocenters. The second-order valence-electron chi connectivity index (χ2n) is 7.53. The predicted molar refractivity (Wildman–Crippen MR) is 127 cm³/mol. The number of carbonyl (C=O) groups is 2. The molecule has 0 spiro atoms. The van der Waals surface area contributed by atoms with Crippen LogP contribution < -0.4 is 10.6 Å². The van der Waals surface area contributed by atoms with E-state index in [0.29, 0.717) is 5.69 Å². The first-order chi connectivity index (χ1) is 16.4. The number of hydrogen-bond acceptors (Lipinski definition) is 4. The third-order valence-electron chi connectivity index (χ3n) is 4.97. The minimum Gasteiger partial charge on any atom is -0.388 e. The monoisotopic (exact) mass is 465 g/mol. The van der Waals surface area contributed by atoms with Crippen LogP contribution in [0.25, 0.3) is 0 Å². The van der Waals surface area contributed by atoms with Gasteiger partial charge in [0.15, 0.2) is 0 Å². The van der Waals surface area contributed by atoms with Gasteiger partial charge in [0, 0.05) is 5.69 Å². The average molecular weight is 466 g/mol. The van der Waals surface area contributed by atoms with Crippen LogP contribution in [0.5, 0.6) is 0 Å². The number of oxime groups is 1. The van der Waals surface area contributed by atoms with Crippen LogP contribution in [0.15, 0.2) is 78.0 Å². The molecule has 0 heterocycles. The van der Waals surface area contributed by atoms with E-state index in [4.69, 9.17) is 4.84 Å². The standard InChI is InChI=1S/C26H25F2N3O3/c1-3-8-23(19-9-5-4-6-10-19)31-34-17(2)18-13-15-20(16-14-18)29-26(33)30-25(32)24-21(27)11-7-12-22(24)28/h4-7,9-17H,3,8H2,1-2H3,(H2,29,30,32,33)/b31-23+. The molecule has 2 N–H and O–H groups in total. The maximum Gasteiger partial charge on any atom is 0.326 e. The Morgan fingerprint density at radius 1 is 0.941 bits per heavy atom. The Bertz CT molecular complexity index is 1150. The Morgan fingerprint density at radius 2 is 1.59 bits per heavy atom. The van der Waals surface area contributed by atoms with Crippen LogP contribution in [0.4, 0.5) is 19.3 Å². The molecule has 0 aliphatic carbocycles. The third kappa shape index (κ3) is 6.48. The Kier molecular flexibility index (Phi) is 8.45. The van der Waals surface area contributed by atoms with E-state index < -0.39 is 29.1 Å². The zero-order valence-electron chi connectivity index (χ0n) is 18.8. The molecule has 0 saturated heterocycles. The summed E-state index contributed by atoms with van der Waals surface area (Å²) >= 11 is 0.